The highest BCUT2D eigenvalue weighted by atomic mass is 32.2. The van der Waals surface area contributed by atoms with Gasteiger partial charge in [0.25, 0.3) is 5.91 Å². The molecule has 3 N–H and O–H groups in total. The van der Waals surface area contributed by atoms with Crippen LogP contribution in [0.3, 0.4) is 0 Å². The molecule has 0 bridgehead atoms. The number of nitrogens with one attached hydrogen (secondary N) is 1. The van der Waals surface area contributed by atoms with E-state index >= 15 is 0 Å². The van der Waals surface area contributed by atoms with Crippen LogP contribution in [0, 0.1) is 0 Å². The zero-order valence-corrected chi connectivity index (χ0v) is 19.4. The van der Waals surface area contributed by atoms with Gasteiger partial charge in [-0.15, -0.1) is 11.8 Å². The van der Waals surface area contributed by atoms with Crippen molar-refractivity contribution in [3.05, 3.63) is 89.0 Å². The molecule has 0 saturated carbocycles. The van der Waals surface area contributed by atoms with Gasteiger partial charge < -0.3 is 20.4 Å². The quantitative estimate of drug-likeness (QED) is 0.419. The number of aromatic carboxylic acids is 2. The largest absolute Gasteiger partial charge is 0.478 e. The summed E-state index contributed by atoms with van der Waals surface area (Å²) in [4.78, 5) is 50.9. The van der Waals surface area contributed by atoms with Crippen molar-refractivity contribution >= 4 is 46.9 Å². The summed E-state index contributed by atoms with van der Waals surface area (Å²) in [6, 6.07) is 18.1. The highest BCUT2D eigenvalue weighted by Gasteiger charge is 2.22. The number of carboxylic acid groups (broad SMARTS) is 2. The summed E-state index contributed by atoms with van der Waals surface area (Å²) in [7, 11) is 0. The first-order chi connectivity index (χ1) is 16.8. The van der Waals surface area contributed by atoms with Crippen LogP contribution >= 0.6 is 11.8 Å². The van der Waals surface area contributed by atoms with Gasteiger partial charge in [-0.3, -0.25) is 9.59 Å². The average molecular weight is 491 g/mol. The van der Waals surface area contributed by atoms with E-state index in [1.54, 1.807) is 18.2 Å². The first kappa shape index (κ1) is 24.0. The van der Waals surface area contributed by atoms with Gasteiger partial charge in [0.15, 0.2) is 0 Å². The van der Waals surface area contributed by atoms with Crippen molar-refractivity contribution in [3.63, 3.8) is 0 Å². The third kappa shape index (κ3) is 5.52. The van der Waals surface area contributed by atoms with E-state index in [2.05, 4.69) is 5.32 Å². The maximum atomic E-state index is 12.9. The fourth-order valence-corrected chi connectivity index (χ4v) is 4.76. The van der Waals surface area contributed by atoms with E-state index < -0.39 is 23.4 Å². The molecule has 1 heterocycles. The van der Waals surface area contributed by atoms with Crippen molar-refractivity contribution in [2.45, 2.75) is 17.7 Å². The molecule has 0 aliphatic carbocycles. The Balaban J connectivity index is 1.44. The van der Waals surface area contributed by atoms with Crippen LogP contribution < -0.4 is 10.2 Å². The minimum Gasteiger partial charge on any atom is -0.478 e. The number of hydrogen-bond donors (Lipinski definition) is 3. The molecule has 9 heteroatoms. The summed E-state index contributed by atoms with van der Waals surface area (Å²) >= 11 is 1.35. The first-order valence-corrected chi connectivity index (χ1v) is 11.8. The number of anilines is 2. The fraction of sp³-hybridized carbons (Fsp3) is 0.154. The molecule has 8 nitrogen and oxygen atoms in total. The van der Waals surface area contributed by atoms with Crippen molar-refractivity contribution in [1.82, 2.24) is 0 Å². The lowest BCUT2D eigenvalue weighted by atomic mass is 10.0. The lowest BCUT2D eigenvalue weighted by Crippen LogP contribution is -2.36. The second-order valence-corrected chi connectivity index (χ2v) is 8.97. The minimum absolute atomic E-state index is 0.00112. The second kappa shape index (κ2) is 10.4. The molecule has 0 spiro atoms. The molecule has 0 radical (unpaired) electrons. The maximum absolute atomic E-state index is 12.9. The Hall–Kier alpha value is -4.11. The summed E-state index contributed by atoms with van der Waals surface area (Å²) in [6.45, 7) is 0.680. The topological polar surface area (TPSA) is 124 Å². The van der Waals surface area contributed by atoms with Crippen molar-refractivity contribution in [3.8, 4) is 0 Å². The van der Waals surface area contributed by atoms with Crippen LogP contribution in [-0.4, -0.2) is 46.3 Å². The number of hydrogen-bond acceptors (Lipinski definition) is 5. The number of rotatable bonds is 7. The monoisotopic (exact) mass is 490 g/mol. The molecular weight excluding hydrogens is 468 g/mol. The molecule has 1 aliphatic heterocycles. The van der Waals surface area contributed by atoms with Crippen LogP contribution in [0.2, 0.25) is 0 Å². The van der Waals surface area contributed by atoms with Gasteiger partial charge in [-0.2, -0.15) is 0 Å². The molecule has 178 valence electrons. The molecule has 0 unspecified atom stereocenters. The van der Waals surface area contributed by atoms with Crippen molar-refractivity contribution < 1.29 is 29.4 Å². The van der Waals surface area contributed by atoms with Gasteiger partial charge in [0.1, 0.15) is 0 Å². The first-order valence-electron chi connectivity index (χ1n) is 10.9. The van der Waals surface area contributed by atoms with E-state index in [9.17, 15) is 24.3 Å². The molecule has 0 fully saturated rings. The van der Waals surface area contributed by atoms with E-state index in [1.807, 2.05) is 35.2 Å². The molecule has 3 aromatic rings. The Bertz CT molecular complexity index is 1320. The van der Waals surface area contributed by atoms with E-state index in [1.165, 1.54) is 29.5 Å². The third-order valence-corrected chi connectivity index (χ3v) is 6.59. The highest BCUT2D eigenvalue weighted by molar-refractivity contribution is 8.00. The Morgan fingerprint density at radius 2 is 1.69 bits per heavy atom. The number of benzene rings is 3. The fourth-order valence-electron chi connectivity index (χ4n) is 3.93. The van der Waals surface area contributed by atoms with E-state index in [-0.39, 0.29) is 22.8 Å². The average Bonchev–Trinajstić information content (AvgIpc) is 2.86. The number of amides is 2. The number of nitrogens with zero attached hydrogens (tertiary/aromatic N) is 1. The van der Waals surface area contributed by atoms with Crippen LogP contribution in [0.15, 0.2) is 71.6 Å². The standard InChI is InChI=1S/C26H22N2O6S/c29-23(28-12-4-6-16-5-1-2-9-22(16)28)15-35-19-8-3-7-18(14-19)27-24(30)20-11-10-17(25(31)32)13-21(20)26(33)34/h1-3,5,7-11,13-14H,4,6,12,15H2,(H,27,30)(H,31,32)(H,33,34). The van der Waals surface area contributed by atoms with E-state index in [0.717, 1.165) is 29.5 Å². The van der Waals surface area contributed by atoms with Crippen LogP contribution in [0.5, 0.6) is 0 Å². The zero-order chi connectivity index (χ0) is 24.9. The summed E-state index contributed by atoms with van der Waals surface area (Å²) in [5.41, 5.74) is 1.76. The lowest BCUT2D eigenvalue weighted by molar-refractivity contribution is -0.116. The summed E-state index contributed by atoms with van der Waals surface area (Å²) in [5, 5.41) is 21.1. The van der Waals surface area contributed by atoms with Crippen LogP contribution in [0.25, 0.3) is 0 Å². The maximum Gasteiger partial charge on any atom is 0.336 e. The van der Waals surface area contributed by atoms with Gasteiger partial charge >= 0.3 is 11.9 Å². The molecule has 3 aromatic carbocycles. The zero-order valence-electron chi connectivity index (χ0n) is 18.6. The number of para-hydroxylation sites is 1. The van der Waals surface area contributed by atoms with Crippen LogP contribution in [-0.2, 0) is 11.2 Å². The Morgan fingerprint density at radius 3 is 2.46 bits per heavy atom. The molecule has 4 rings (SSSR count). The number of thioether (sulfide) groups is 1. The Morgan fingerprint density at radius 1 is 0.886 bits per heavy atom. The van der Waals surface area contributed by atoms with Crippen molar-refractivity contribution in [1.29, 1.82) is 0 Å². The number of fused-ring (bicyclic) bond motifs is 1. The molecule has 35 heavy (non-hydrogen) atoms. The number of carboxylic acids is 2. The summed E-state index contributed by atoms with van der Waals surface area (Å²) < 4.78 is 0. The molecule has 0 atom stereocenters. The minimum atomic E-state index is -1.40. The van der Waals surface area contributed by atoms with Gasteiger partial charge in [0, 0.05) is 22.8 Å². The van der Waals surface area contributed by atoms with Gasteiger partial charge in [-0.05, 0) is 60.9 Å². The molecular formula is C26H22N2O6S. The van der Waals surface area contributed by atoms with Crippen molar-refractivity contribution in [2.75, 3.05) is 22.5 Å². The molecule has 0 aromatic heterocycles. The Kier molecular flexibility index (Phi) is 7.17. The summed E-state index contributed by atoms with van der Waals surface area (Å²) in [6.07, 6.45) is 1.87. The molecule has 0 saturated heterocycles. The SMILES string of the molecule is O=C(O)c1ccc(C(=O)Nc2cccc(SCC(=O)N3CCCc4ccccc43)c2)c(C(=O)O)c1. The predicted molar refractivity (Wildman–Crippen MR) is 133 cm³/mol. The Labute approximate surface area is 205 Å². The van der Waals surface area contributed by atoms with Gasteiger partial charge in [0.2, 0.25) is 5.91 Å². The smallest absolute Gasteiger partial charge is 0.336 e. The third-order valence-electron chi connectivity index (χ3n) is 5.61. The highest BCUT2D eigenvalue weighted by Crippen LogP contribution is 2.29. The number of carbonyl (C=O) groups excluding carboxylic acids is 2. The van der Waals surface area contributed by atoms with E-state index in [0.29, 0.717) is 12.2 Å². The number of carbonyl (C=O) groups is 4. The second-order valence-electron chi connectivity index (χ2n) is 7.92. The van der Waals surface area contributed by atoms with E-state index in [4.69, 9.17) is 5.11 Å². The van der Waals surface area contributed by atoms with Gasteiger partial charge in [-0.25, -0.2) is 9.59 Å². The molecule has 1 aliphatic rings. The van der Waals surface area contributed by atoms with Crippen LogP contribution in [0.1, 0.15) is 43.1 Å². The van der Waals surface area contributed by atoms with Crippen molar-refractivity contribution in [2.24, 2.45) is 0 Å². The molecule has 2 amide bonds. The van der Waals surface area contributed by atoms with Crippen LogP contribution in [0.4, 0.5) is 11.4 Å². The van der Waals surface area contributed by atoms with Gasteiger partial charge in [0.05, 0.1) is 22.4 Å². The number of aryl methyl sites for hydroxylation is 1. The van der Waals surface area contributed by atoms with Gasteiger partial charge in [-0.1, -0.05) is 24.3 Å². The summed E-state index contributed by atoms with van der Waals surface area (Å²) in [5.74, 6) is -3.14. The lowest BCUT2D eigenvalue weighted by Gasteiger charge is -2.29. The normalized spacial score (nSPS) is 12.5. The predicted octanol–water partition coefficient (Wildman–Crippen LogP) is 4.41.